The highest BCUT2D eigenvalue weighted by molar-refractivity contribution is 9.08. The molecule has 0 unspecified atom stereocenters. The molecular formula is C17H27BrN2O+2. The van der Waals surface area contributed by atoms with E-state index in [1.165, 1.54) is 24.1 Å². The van der Waals surface area contributed by atoms with Gasteiger partial charge in [0.15, 0.2) is 12.8 Å². The minimum Gasteiger partial charge on any atom is -0.370 e. The molecule has 0 atom stereocenters. The number of morpholine rings is 1. The molecule has 21 heavy (non-hydrogen) atoms. The summed E-state index contributed by atoms with van der Waals surface area (Å²) >= 11 is 2.94. The lowest BCUT2D eigenvalue weighted by Gasteiger charge is -2.36. The molecule has 2 heterocycles. The zero-order chi connectivity index (χ0) is 15.1. The monoisotopic (exact) mass is 354 g/mol. The molecule has 0 saturated carbocycles. The van der Waals surface area contributed by atoms with Crippen molar-refractivity contribution in [3.05, 3.63) is 35.4 Å². The Bertz CT molecular complexity index is 481. The van der Waals surface area contributed by atoms with Gasteiger partial charge in [-0.2, -0.15) is 0 Å². The first-order valence-corrected chi connectivity index (χ1v) is 9.30. The Hall–Kier alpha value is -0.710. The van der Waals surface area contributed by atoms with Crippen molar-refractivity contribution in [2.24, 2.45) is 0 Å². The lowest BCUT2D eigenvalue weighted by Crippen LogP contribution is -2.54. The quantitative estimate of drug-likeness (QED) is 0.460. The van der Waals surface area contributed by atoms with Crippen LogP contribution in [-0.2, 0) is 11.2 Å². The molecule has 3 nitrogen and oxygen atoms in total. The van der Waals surface area contributed by atoms with Gasteiger partial charge in [0.25, 0.3) is 0 Å². The van der Waals surface area contributed by atoms with Gasteiger partial charge in [-0.25, -0.2) is 4.58 Å². The van der Waals surface area contributed by atoms with E-state index < -0.39 is 0 Å². The average Bonchev–Trinajstić information content (AvgIpc) is 2.55. The van der Waals surface area contributed by atoms with Crippen LogP contribution in [0, 0.1) is 0 Å². The molecule has 0 bridgehead atoms. The summed E-state index contributed by atoms with van der Waals surface area (Å²) < 4.78 is 9.11. The highest BCUT2D eigenvalue weighted by atomic mass is 79.9. The number of quaternary nitrogens is 1. The molecule has 1 saturated heterocycles. The van der Waals surface area contributed by atoms with Gasteiger partial charge in [-0.3, -0.25) is 0 Å². The van der Waals surface area contributed by atoms with E-state index in [1.54, 1.807) is 0 Å². The van der Waals surface area contributed by atoms with Crippen molar-refractivity contribution in [1.29, 1.82) is 0 Å². The number of hydrogen-bond acceptors (Lipinski definition) is 1. The molecule has 0 aliphatic carbocycles. The summed E-state index contributed by atoms with van der Waals surface area (Å²) in [5.74, 6) is 1.81. The Morgan fingerprint density at radius 3 is 2.67 bits per heavy atom. The Morgan fingerprint density at radius 2 is 1.90 bits per heavy atom. The minimum atomic E-state index is 0.920. The molecule has 3 rings (SSSR count). The van der Waals surface area contributed by atoms with Gasteiger partial charge in [-0.1, -0.05) is 34.1 Å². The van der Waals surface area contributed by atoms with Crippen LogP contribution in [0.2, 0.25) is 0 Å². The van der Waals surface area contributed by atoms with Crippen molar-refractivity contribution < 1.29 is 13.8 Å². The largest absolute Gasteiger partial charge is 0.370 e. The van der Waals surface area contributed by atoms with Gasteiger partial charge in [-0.05, 0) is 17.5 Å². The number of nitrogens with zero attached hydrogens (tertiary/aromatic N) is 2. The second-order valence-corrected chi connectivity index (χ2v) is 6.02. The number of ether oxygens (including phenoxy) is 1. The normalized spacial score (nSPS) is 19.9. The van der Waals surface area contributed by atoms with Crippen molar-refractivity contribution in [2.75, 3.05) is 58.8 Å². The number of halogens is 1. The predicted molar refractivity (Wildman–Crippen MR) is 91.8 cm³/mol. The maximum absolute atomic E-state index is 5.47. The SMILES string of the molecule is CBr.C[N+]1(CC[N+]2=Cc3ccccc3CC2)CCOCC1. The fourth-order valence-corrected chi connectivity index (χ4v) is 2.97. The van der Waals surface area contributed by atoms with E-state index in [1.807, 2.05) is 5.83 Å². The van der Waals surface area contributed by atoms with Gasteiger partial charge < -0.3 is 9.22 Å². The molecule has 2 aliphatic heterocycles. The van der Waals surface area contributed by atoms with Crippen molar-refractivity contribution in [2.45, 2.75) is 6.42 Å². The summed E-state index contributed by atoms with van der Waals surface area (Å²) in [6.07, 6.45) is 3.52. The summed E-state index contributed by atoms with van der Waals surface area (Å²) in [5.41, 5.74) is 2.89. The first-order valence-electron chi connectivity index (χ1n) is 7.71. The Labute approximate surface area is 136 Å². The Kier molecular flexibility index (Phi) is 6.40. The molecular weight excluding hydrogens is 328 g/mol. The van der Waals surface area contributed by atoms with Crippen molar-refractivity contribution >= 4 is 22.1 Å². The standard InChI is InChI=1S/C16H24N2O.CH3Br/c1-18(10-12-19-13-11-18)9-8-17-7-6-15-4-2-3-5-16(15)14-17;1-2/h2-5,14H,6-13H2,1H3;1H3/q+2;. The van der Waals surface area contributed by atoms with E-state index in [0.29, 0.717) is 0 Å². The first kappa shape index (κ1) is 16.7. The molecule has 2 aliphatic rings. The zero-order valence-corrected chi connectivity index (χ0v) is 14.8. The molecule has 4 heteroatoms. The van der Waals surface area contributed by atoms with E-state index in [4.69, 9.17) is 4.74 Å². The van der Waals surface area contributed by atoms with Crippen LogP contribution in [0.25, 0.3) is 0 Å². The number of rotatable bonds is 3. The van der Waals surface area contributed by atoms with Crippen LogP contribution < -0.4 is 0 Å². The van der Waals surface area contributed by atoms with Crippen molar-refractivity contribution in [3.63, 3.8) is 0 Å². The van der Waals surface area contributed by atoms with Gasteiger partial charge in [-0.15, -0.1) is 0 Å². The molecule has 1 aromatic carbocycles. The van der Waals surface area contributed by atoms with E-state index in [2.05, 4.69) is 58.0 Å². The molecule has 0 amide bonds. The topological polar surface area (TPSA) is 12.2 Å². The molecule has 0 spiro atoms. The first-order chi connectivity index (χ1) is 10.3. The molecule has 116 valence electrons. The van der Waals surface area contributed by atoms with Crippen molar-refractivity contribution in [1.82, 2.24) is 0 Å². The second kappa shape index (κ2) is 8.06. The van der Waals surface area contributed by atoms with Gasteiger partial charge in [0, 0.05) is 12.0 Å². The van der Waals surface area contributed by atoms with E-state index in [-0.39, 0.29) is 0 Å². The van der Waals surface area contributed by atoms with Crippen LogP contribution >= 0.6 is 15.9 Å². The Balaban J connectivity index is 0.000000774. The van der Waals surface area contributed by atoms with Gasteiger partial charge in [0.1, 0.15) is 26.2 Å². The molecule has 1 aromatic rings. The van der Waals surface area contributed by atoms with Crippen LogP contribution in [0.15, 0.2) is 24.3 Å². The number of likely N-dealkylation sites (N-methyl/N-ethyl adjacent to an activating group) is 1. The third-order valence-electron chi connectivity index (χ3n) is 4.52. The van der Waals surface area contributed by atoms with Crippen LogP contribution in [0.5, 0.6) is 0 Å². The minimum absolute atomic E-state index is 0.920. The van der Waals surface area contributed by atoms with Gasteiger partial charge in [0.2, 0.25) is 0 Å². The van der Waals surface area contributed by atoms with E-state index >= 15 is 0 Å². The summed E-state index contributed by atoms with van der Waals surface area (Å²) in [4.78, 5) is 0. The fraction of sp³-hybridized carbons (Fsp3) is 0.588. The van der Waals surface area contributed by atoms with Crippen LogP contribution in [-0.4, -0.2) is 74.1 Å². The maximum atomic E-state index is 5.47. The molecule has 1 fully saturated rings. The fourth-order valence-electron chi connectivity index (χ4n) is 2.97. The summed E-state index contributed by atoms with van der Waals surface area (Å²) in [7, 11) is 2.36. The Morgan fingerprint density at radius 1 is 1.19 bits per heavy atom. The van der Waals surface area contributed by atoms with Crippen LogP contribution in [0.4, 0.5) is 0 Å². The summed E-state index contributed by atoms with van der Waals surface area (Å²) in [6.45, 7) is 7.70. The predicted octanol–water partition coefficient (Wildman–Crippen LogP) is 2.16. The molecule has 0 aromatic heterocycles. The number of fused-ring (bicyclic) bond motifs is 1. The highest BCUT2D eigenvalue weighted by Crippen LogP contribution is 2.12. The van der Waals surface area contributed by atoms with Crippen LogP contribution in [0.3, 0.4) is 0 Å². The van der Waals surface area contributed by atoms with Crippen molar-refractivity contribution in [3.8, 4) is 0 Å². The lowest BCUT2D eigenvalue weighted by molar-refractivity contribution is -0.923. The average molecular weight is 355 g/mol. The van der Waals surface area contributed by atoms with Crippen LogP contribution in [0.1, 0.15) is 11.1 Å². The molecule has 0 radical (unpaired) electrons. The third kappa shape index (κ3) is 4.63. The van der Waals surface area contributed by atoms with Gasteiger partial charge >= 0.3 is 0 Å². The smallest absolute Gasteiger partial charge is 0.191 e. The zero-order valence-electron chi connectivity index (χ0n) is 13.2. The third-order valence-corrected chi connectivity index (χ3v) is 4.52. The summed E-state index contributed by atoms with van der Waals surface area (Å²) in [5, 5.41) is 0. The number of benzene rings is 1. The van der Waals surface area contributed by atoms with E-state index in [0.717, 1.165) is 43.9 Å². The molecule has 0 N–H and O–H groups in total. The highest BCUT2D eigenvalue weighted by Gasteiger charge is 2.27. The van der Waals surface area contributed by atoms with Gasteiger partial charge in [0.05, 0.1) is 20.3 Å². The second-order valence-electron chi connectivity index (χ2n) is 6.02. The lowest BCUT2D eigenvalue weighted by atomic mass is 10.0. The summed E-state index contributed by atoms with van der Waals surface area (Å²) in [6, 6.07) is 8.75. The maximum Gasteiger partial charge on any atom is 0.191 e. The van der Waals surface area contributed by atoms with E-state index in [9.17, 15) is 0 Å². The number of hydrogen-bond donors (Lipinski definition) is 0. The number of alkyl halides is 1.